The highest BCUT2D eigenvalue weighted by Crippen LogP contribution is 2.36. The van der Waals surface area contributed by atoms with Gasteiger partial charge in [0.15, 0.2) is 5.82 Å². The molecule has 3 rings (SSSR count). The van der Waals surface area contributed by atoms with Gasteiger partial charge in [-0.05, 0) is 37.6 Å². The largest absolute Gasteiger partial charge is 0.465 e. The van der Waals surface area contributed by atoms with E-state index in [1.165, 1.54) is 0 Å². The van der Waals surface area contributed by atoms with Crippen LogP contribution >= 0.6 is 11.3 Å². The van der Waals surface area contributed by atoms with Crippen LogP contribution in [0.15, 0.2) is 11.7 Å². The molecule has 0 unspecified atom stereocenters. The first-order chi connectivity index (χ1) is 9.70. The Morgan fingerprint density at radius 1 is 1.50 bits per heavy atom. The van der Waals surface area contributed by atoms with Crippen molar-refractivity contribution in [2.45, 2.75) is 32.7 Å². The van der Waals surface area contributed by atoms with E-state index in [4.69, 9.17) is 4.74 Å². The first-order valence-electron chi connectivity index (χ1n) is 6.81. The van der Waals surface area contributed by atoms with E-state index < -0.39 is 0 Å². The summed E-state index contributed by atoms with van der Waals surface area (Å²) in [5.41, 5.74) is 2.13. The van der Waals surface area contributed by atoms with Gasteiger partial charge < -0.3 is 9.64 Å². The molecule has 1 aliphatic rings. The molecule has 0 atom stereocenters. The summed E-state index contributed by atoms with van der Waals surface area (Å²) in [6.07, 6.45) is 3.79. The van der Waals surface area contributed by atoms with Gasteiger partial charge in [-0.15, -0.1) is 11.3 Å². The van der Waals surface area contributed by atoms with Crippen LogP contribution in [0.5, 0.6) is 0 Å². The number of carbonyl (C=O) groups is 1. The SMILES string of the molecule is CCOC(=O)CN(c1ncnc2c(C)csc12)C1CC1. The van der Waals surface area contributed by atoms with Crippen LogP contribution in [-0.2, 0) is 9.53 Å². The maximum Gasteiger partial charge on any atom is 0.325 e. The van der Waals surface area contributed by atoms with Gasteiger partial charge in [-0.25, -0.2) is 9.97 Å². The van der Waals surface area contributed by atoms with Crippen LogP contribution in [0.3, 0.4) is 0 Å². The quantitative estimate of drug-likeness (QED) is 0.792. The zero-order valence-electron chi connectivity index (χ0n) is 11.6. The van der Waals surface area contributed by atoms with Crippen molar-refractivity contribution in [3.05, 3.63) is 17.3 Å². The predicted octanol–water partition coefficient (Wildman–Crippen LogP) is 2.53. The Labute approximate surface area is 121 Å². The Morgan fingerprint density at radius 3 is 3.00 bits per heavy atom. The van der Waals surface area contributed by atoms with Crippen LogP contribution < -0.4 is 4.90 Å². The number of anilines is 1. The Morgan fingerprint density at radius 2 is 2.30 bits per heavy atom. The van der Waals surface area contributed by atoms with Crippen LogP contribution in [0.4, 0.5) is 5.82 Å². The van der Waals surface area contributed by atoms with Gasteiger partial charge in [0, 0.05) is 6.04 Å². The average Bonchev–Trinajstić information content (AvgIpc) is 3.21. The zero-order chi connectivity index (χ0) is 14.1. The molecule has 106 valence electrons. The molecular formula is C14H17N3O2S. The summed E-state index contributed by atoms with van der Waals surface area (Å²) < 4.78 is 6.13. The Hall–Kier alpha value is -1.69. The van der Waals surface area contributed by atoms with Crippen molar-refractivity contribution in [1.29, 1.82) is 0 Å². The number of ether oxygens (including phenoxy) is 1. The maximum atomic E-state index is 11.8. The van der Waals surface area contributed by atoms with Gasteiger partial charge >= 0.3 is 5.97 Å². The summed E-state index contributed by atoms with van der Waals surface area (Å²) in [6, 6.07) is 0.403. The van der Waals surface area contributed by atoms with E-state index in [0.717, 1.165) is 34.4 Å². The molecule has 2 aromatic rings. The summed E-state index contributed by atoms with van der Waals surface area (Å²) in [5, 5.41) is 2.08. The van der Waals surface area contributed by atoms with Gasteiger partial charge in [0.2, 0.25) is 0 Å². The number of rotatable bonds is 5. The molecule has 5 nitrogen and oxygen atoms in total. The van der Waals surface area contributed by atoms with Crippen LogP contribution in [0.25, 0.3) is 10.2 Å². The molecule has 20 heavy (non-hydrogen) atoms. The van der Waals surface area contributed by atoms with Gasteiger partial charge in [-0.2, -0.15) is 0 Å². The predicted molar refractivity (Wildman–Crippen MR) is 79.2 cm³/mol. The average molecular weight is 291 g/mol. The van der Waals surface area contributed by atoms with Crippen molar-refractivity contribution < 1.29 is 9.53 Å². The molecule has 0 N–H and O–H groups in total. The summed E-state index contributed by atoms with van der Waals surface area (Å²) in [5.74, 6) is 0.670. The van der Waals surface area contributed by atoms with Crippen molar-refractivity contribution in [2.75, 3.05) is 18.1 Å². The minimum atomic E-state index is -0.195. The topological polar surface area (TPSA) is 55.3 Å². The molecule has 6 heteroatoms. The van der Waals surface area contributed by atoms with E-state index in [1.807, 2.05) is 13.8 Å². The third-order valence-electron chi connectivity index (χ3n) is 3.38. The molecule has 0 bridgehead atoms. The van der Waals surface area contributed by atoms with Crippen LogP contribution in [0, 0.1) is 6.92 Å². The molecule has 1 fully saturated rings. The van der Waals surface area contributed by atoms with Gasteiger partial charge in [0.1, 0.15) is 12.9 Å². The van der Waals surface area contributed by atoms with Gasteiger partial charge in [0.05, 0.1) is 16.8 Å². The van der Waals surface area contributed by atoms with E-state index in [9.17, 15) is 4.79 Å². The number of fused-ring (bicyclic) bond motifs is 1. The van der Waals surface area contributed by atoms with E-state index >= 15 is 0 Å². The Balaban J connectivity index is 1.95. The van der Waals surface area contributed by atoms with E-state index in [0.29, 0.717) is 12.6 Å². The minimum Gasteiger partial charge on any atom is -0.465 e. The number of hydrogen-bond donors (Lipinski definition) is 0. The highest BCUT2D eigenvalue weighted by Gasteiger charge is 2.33. The summed E-state index contributed by atoms with van der Waals surface area (Å²) in [4.78, 5) is 22.6. The monoisotopic (exact) mass is 291 g/mol. The lowest BCUT2D eigenvalue weighted by atomic mass is 10.3. The molecule has 1 aliphatic carbocycles. The van der Waals surface area contributed by atoms with Crippen LogP contribution in [0.1, 0.15) is 25.3 Å². The molecule has 0 aliphatic heterocycles. The standard InChI is InChI=1S/C14H17N3O2S/c1-3-19-11(18)6-17(10-4-5-10)14-13-12(15-8-16-14)9(2)7-20-13/h7-8,10H,3-6H2,1-2H3. The Kier molecular flexibility index (Phi) is 3.56. The van der Waals surface area contributed by atoms with Crippen molar-refractivity contribution in [3.63, 3.8) is 0 Å². The molecule has 0 spiro atoms. The highest BCUT2D eigenvalue weighted by molar-refractivity contribution is 7.18. The van der Waals surface area contributed by atoms with Crippen molar-refractivity contribution in [2.24, 2.45) is 0 Å². The first kappa shape index (κ1) is 13.3. The molecule has 0 aromatic carbocycles. The third kappa shape index (κ3) is 2.47. The molecular weight excluding hydrogens is 274 g/mol. The highest BCUT2D eigenvalue weighted by atomic mass is 32.1. The van der Waals surface area contributed by atoms with Crippen LogP contribution in [0.2, 0.25) is 0 Å². The number of aryl methyl sites for hydroxylation is 1. The molecule has 0 radical (unpaired) electrons. The normalized spacial score (nSPS) is 14.5. The van der Waals surface area contributed by atoms with E-state index in [1.54, 1.807) is 17.7 Å². The fourth-order valence-electron chi connectivity index (χ4n) is 2.27. The smallest absolute Gasteiger partial charge is 0.325 e. The number of carbonyl (C=O) groups excluding carboxylic acids is 1. The minimum absolute atomic E-state index is 0.195. The number of thiophene rings is 1. The van der Waals surface area contributed by atoms with Gasteiger partial charge in [0.25, 0.3) is 0 Å². The first-order valence-corrected chi connectivity index (χ1v) is 7.69. The molecule has 0 saturated heterocycles. The second-order valence-electron chi connectivity index (χ2n) is 4.96. The number of aromatic nitrogens is 2. The second kappa shape index (κ2) is 5.36. The summed E-state index contributed by atoms with van der Waals surface area (Å²) in [7, 11) is 0. The van der Waals surface area contributed by atoms with Crippen molar-refractivity contribution >= 4 is 33.3 Å². The summed E-state index contributed by atoms with van der Waals surface area (Å²) in [6.45, 7) is 4.55. The fourth-order valence-corrected chi connectivity index (χ4v) is 3.28. The van der Waals surface area contributed by atoms with Crippen molar-refractivity contribution in [1.82, 2.24) is 9.97 Å². The number of nitrogens with zero attached hydrogens (tertiary/aromatic N) is 3. The van der Waals surface area contributed by atoms with Gasteiger partial charge in [-0.1, -0.05) is 0 Å². The zero-order valence-corrected chi connectivity index (χ0v) is 12.4. The Bertz CT molecular complexity index is 636. The molecule has 2 heterocycles. The van der Waals surface area contributed by atoms with Crippen LogP contribution in [-0.4, -0.2) is 35.1 Å². The molecule has 0 amide bonds. The number of esters is 1. The lowest BCUT2D eigenvalue weighted by Crippen LogP contribution is -2.33. The van der Waals surface area contributed by atoms with E-state index in [2.05, 4.69) is 20.2 Å². The third-order valence-corrected chi connectivity index (χ3v) is 4.46. The lowest BCUT2D eigenvalue weighted by Gasteiger charge is -2.22. The molecule has 1 saturated carbocycles. The molecule has 2 aromatic heterocycles. The van der Waals surface area contributed by atoms with Crippen molar-refractivity contribution in [3.8, 4) is 0 Å². The maximum absolute atomic E-state index is 11.8. The van der Waals surface area contributed by atoms with Gasteiger partial charge in [-0.3, -0.25) is 4.79 Å². The van der Waals surface area contributed by atoms with E-state index in [-0.39, 0.29) is 12.5 Å². The fraction of sp³-hybridized carbons (Fsp3) is 0.500. The summed E-state index contributed by atoms with van der Waals surface area (Å²) >= 11 is 1.64. The second-order valence-corrected chi connectivity index (χ2v) is 5.84. The lowest BCUT2D eigenvalue weighted by molar-refractivity contribution is -0.141. The number of hydrogen-bond acceptors (Lipinski definition) is 6.